The van der Waals surface area contributed by atoms with E-state index in [1.165, 1.54) is 0 Å². The largest absolute Gasteiger partial charge is 0.379 e. The van der Waals surface area contributed by atoms with E-state index in [4.69, 9.17) is 9.26 Å². The smallest absolute Gasteiger partial charge is 0.225 e. The van der Waals surface area contributed by atoms with Crippen molar-refractivity contribution in [3.63, 3.8) is 0 Å². The molecule has 3 rings (SSSR count). The number of aromatic nitrogens is 1. The number of ether oxygens (including phenoxy) is 1. The molecule has 0 aromatic carbocycles. The second-order valence-corrected chi connectivity index (χ2v) is 7.59. The quantitative estimate of drug-likeness (QED) is 0.858. The molecule has 128 valence electrons. The van der Waals surface area contributed by atoms with E-state index < -0.39 is 0 Å². The van der Waals surface area contributed by atoms with Gasteiger partial charge in [-0.1, -0.05) is 25.9 Å². The van der Waals surface area contributed by atoms with Gasteiger partial charge in [0.25, 0.3) is 0 Å². The van der Waals surface area contributed by atoms with Gasteiger partial charge >= 0.3 is 0 Å². The van der Waals surface area contributed by atoms with Crippen molar-refractivity contribution < 1.29 is 14.1 Å². The maximum absolute atomic E-state index is 11.3. The lowest BCUT2D eigenvalue weighted by Crippen LogP contribution is -2.54. The summed E-state index contributed by atoms with van der Waals surface area (Å²) in [5.74, 6) is 0.678. The number of carbonyl (C=O) groups excluding carboxylic acids is 1. The van der Waals surface area contributed by atoms with Gasteiger partial charge in [0.2, 0.25) is 5.88 Å². The second kappa shape index (κ2) is 6.61. The molecule has 0 amide bonds. The molecule has 2 fully saturated rings. The molecule has 0 radical (unpaired) electrons. The van der Waals surface area contributed by atoms with Crippen molar-refractivity contribution in [1.82, 2.24) is 10.1 Å². The third-order valence-corrected chi connectivity index (χ3v) is 4.85. The highest BCUT2D eigenvalue weighted by molar-refractivity contribution is 5.58. The Morgan fingerprint density at radius 2 is 2.22 bits per heavy atom. The van der Waals surface area contributed by atoms with Gasteiger partial charge in [0, 0.05) is 24.1 Å². The molecule has 23 heavy (non-hydrogen) atoms. The van der Waals surface area contributed by atoms with Crippen LogP contribution < -0.4 is 5.32 Å². The topological polar surface area (TPSA) is 67.6 Å². The normalized spacial score (nSPS) is 29.6. The molecule has 2 unspecified atom stereocenters. The number of nitrogens with one attached hydrogen (secondary N) is 1. The average molecular weight is 321 g/mol. The Labute approximate surface area is 137 Å². The second-order valence-electron chi connectivity index (χ2n) is 7.59. The Balaban J connectivity index is 1.71. The first kappa shape index (κ1) is 16.5. The molecule has 3 atom stereocenters. The minimum atomic E-state index is -0.0382. The van der Waals surface area contributed by atoms with Crippen molar-refractivity contribution in [2.45, 2.75) is 63.6 Å². The lowest BCUT2D eigenvalue weighted by atomic mass is 9.92. The van der Waals surface area contributed by atoms with E-state index in [-0.39, 0.29) is 17.5 Å². The van der Waals surface area contributed by atoms with Gasteiger partial charge in [-0.3, -0.25) is 4.90 Å². The fourth-order valence-electron chi connectivity index (χ4n) is 3.51. The number of aldehydes is 1. The van der Waals surface area contributed by atoms with Gasteiger partial charge in [0.15, 0.2) is 0 Å². The van der Waals surface area contributed by atoms with Crippen molar-refractivity contribution >= 4 is 12.2 Å². The van der Waals surface area contributed by atoms with Crippen LogP contribution in [0.3, 0.4) is 0 Å². The predicted octanol–water partition coefficient (Wildman–Crippen LogP) is 2.20. The molecular weight excluding hydrogens is 294 g/mol. The van der Waals surface area contributed by atoms with Crippen LogP contribution >= 0.6 is 0 Å². The monoisotopic (exact) mass is 321 g/mol. The lowest BCUT2D eigenvalue weighted by Gasteiger charge is -2.39. The number of anilines is 1. The molecule has 2 saturated heterocycles. The van der Waals surface area contributed by atoms with E-state index in [2.05, 4.69) is 36.1 Å². The van der Waals surface area contributed by atoms with Gasteiger partial charge in [-0.2, -0.15) is 0 Å². The molecule has 0 saturated carbocycles. The molecule has 0 spiro atoms. The van der Waals surface area contributed by atoms with Crippen molar-refractivity contribution in [2.75, 3.05) is 25.1 Å². The van der Waals surface area contributed by atoms with Crippen LogP contribution in [0, 0.1) is 0 Å². The van der Waals surface area contributed by atoms with Crippen LogP contribution in [0.15, 0.2) is 10.6 Å². The molecule has 1 N–H and O–H groups in total. The predicted molar refractivity (Wildman–Crippen MR) is 87.6 cm³/mol. The molecule has 6 heteroatoms. The summed E-state index contributed by atoms with van der Waals surface area (Å²) in [5, 5.41) is 7.59. The van der Waals surface area contributed by atoms with E-state index in [1.807, 2.05) is 6.07 Å². The van der Waals surface area contributed by atoms with Gasteiger partial charge in [0.1, 0.15) is 6.29 Å². The summed E-state index contributed by atoms with van der Waals surface area (Å²) in [6.45, 7) is 8.68. The third-order valence-electron chi connectivity index (χ3n) is 4.85. The maximum Gasteiger partial charge on any atom is 0.225 e. The molecule has 2 aliphatic rings. The minimum absolute atomic E-state index is 0.0382. The van der Waals surface area contributed by atoms with E-state index >= 15 is 0 Å². The molecule has 3 heterocycles. The van der Waals surface area contributed by atoms with Gasteiger partial charge < -0.3 is 19.4 Å². The van der Waals surface area contributed by atoms with Crippen molar-refractivity contribution in [3.05, 3.63) is 11.8 Å². The first-order valence-electron chi connectivity index (χ1n) is 8.51. The van der Waals surface area contributed by atoms with E-state index in [1.54, 1.807) is 0 Å². The maximum atomic E-state index is 11.3. The Morgan fingerprint density at radius 3 is 2.91 bits per heavy atom. The summed E-state index contributed by atoms with van der Waals surface area (Å²) in [5.41, 5.74) is 0.893. The molecule has 0 aliphatic carbocycles. The first-order valence-corrected chi connectivity index (χ1v) is 8.51. The zero-order valence-corrected chi connectivity index (χ0v) is 14.2. The minimum Gasteiger partial charge on any atom is -0.379 e. The average Bonchev–Trinajstić information content (AvgIpc) is 3.16. The number of hydrogen-bond donors (Lipinski definition) is 1. The van der Waals surface area contributed by atoms with Crippen molar-refractivity contribution in [3.8, 4) is 0 Å². The van der Waals surface area contributed by atoms with Crippen LogP contribution in [0.1, 0.15) is 45.7 Å². The number of nitrogens with zero attached hydrogens (tertiary/aromatic N) is 2. The first-order chi connectivity index (χ1) is 11.0. The SMILES string of the molecule is CC(C)(C)c1cc(NC2COCCC2N2CCC[C@H]2C=O)on1. The van der Waals surface area contributed by atoms with Gasteiger partial charge in [0.05, 0.1) is 24.4 Å². The molecule has 6 nitrogen and oxygen atoms in total. The summed E-state index contributed by atoms with van der Waals surface area (Å²) in [4.78, 5) is 13.6. The molecule has 1 aromatic rings. The third kappa shape index (κ3) is 3.58. The summed E-state index contributed by atoms with van der Waals surface area (Å²) in [7, 11) is 0. The summed E-state index contributed by atoms with van der Waals surface area (Å²) in [6, 6.07) is 2.42. The zero-order valence-electron chi connectivity index (χ0n) is 14.2. The van der Waals surface area contributed by atoms with Crippen LogP contribution in [-0.2, 0) is 14.9 Å². The Bertz CT molecular complexity index is 537. The number of rotatable bonds is 4. The van der Waals surface area contributed by atoms with Crippen LogP contribution in [-0.4, -0.2) is 54.2 Å². The molecule has 1 aromatic heterocycles. The Morgan fingerprint density at radius 1 is 1.39 bits per heavy atom. The van der Waals surface area contributed by atoms with Crippen LogP contribution in [0.2, 0.25) is 0 Å². The highest BCUT2D eigenvalue weighted by Crippen LogP contribution is 2.28. The highest BCUT2D eigenvalue weighted by Gasteiger charge is 2.37. The molecule has 0 bridgehead atoms. The van der Waals surface area contributed by atoms with Crippen LogP contribution in [0.5, 0.6) is 0 Å². The van der Waals surface area contributed by atoms with Crippen LogP contribution in [0.25, 0.3) is 0 Å². The van der Waals surface area contributed by atoms with Gasteiger partial charge in [-0.15, -0.1) is 0 Å². The van der Waals surface area contributed by atoms with Crippen LogP contribution in [0.4, 0.5) is 5.88 Å². The highest BCUT2D eigenvalue weighted by atomic mass is 16.5. The van der Waals surface area contributed by atoms with Gasteiger partial charge in [-0.05, 0) is 25.8 Å². The van der Waals surface area contributed by atoms with E-state index in [9.17, 15) is 4.79 Å². The molecular formula is C17H27N3O3. The number of carbonyl (C=O) groups is 1. The standard InChI is InChI=1S/C17H27N3O3/c1-17(2,3)15-9-16(23-19-15)18-13-11-22-8-6-14(13)20-7-4-5-12(20)10-21/h9-10,12-14,18H,4-8,11H2,1-3H3/t12-,13?,14?/m0/s1. The Hall–Kier alpha value is -1.40. The summed E-state index contributed by atoms with van der Waals surface area (Å²) in [6.07, 6.45) is 4.07. The summed E-state index contributed by atoms with van der Waals surface area (Å²) < 4.78 is 11.1. The lowest BCUT2D eigenvalue weighted by molar-refractivity contribution is -0.113. The summed E-state index contributed by atoms with van der Waals surface area (Å²) >= 11 is 0. The molecule has 2 aliphatic heterocycles. The fourth-order valence-corrected chi connectivity index (χ4v) is 3.51. The van der Waals surface area contributed by atoms with Crippen molar-refractivity contribution in [1.29, 1.82) is 0 Å². The van der Waals surface area contributed by atoms with E-state index in [0.717, 1.165) is 44.4 Å². The fraction of sp³-hybridized carbons (Fsp3) is 0.765. The van der Waals surface area contributed by atoms with Crippen molar-refractivity contribution in [2.24, 2.45) is 0 Å². The number of hydrogen-bond acceptors (Lipinski definition) is 6. The van der Waals surface area contributed by atoms with Gasteiger partial charge in [-0.25, -0.2) is 0 Å². The Kier molecular flexibility index (Phi) is 4.73. The number of likely N-dealkylation sites (tertiary alicyclic amines) is 1. The zero-order chi connectivity index (χ0) is 16.4. The van der Waals surface area contributed by atoms with E-state index in [0.29, 0.717) is 18.5 Å².